The van der Waals surface area contributed by atoms with Gasteiger partial charge in [-0.1, -0.05) is 0 Å². The van der Waals surface area contributed by atoms with Gasteiger partial charge >= 0.3 is 23.9 Å². The lowest BCUT2D eigenvalue weighted by molar-refractivity contribution is -0.182. The molecule has 1 rings (SSSR count). The van der Waals surface area contributed by atoms with Crippen molar-refractivity contribution in [3.8, 4) is 0 Å². The molecule has 0 aromatic heterocycles. The molecule has 1 saturated heterocycles. The second-order valence-electron chi connectivity index (χ2n) is 4.88. The number of ether oxygens (including phenoxy) is 5. The maximum atomic E-state index is 12.7. The van der Waals surface area contributed by atoms with Crippen LogP contribution in [0.3, 0.4) is 0 Å². The van der Waals surface area contributed by atoms with E-state index in [2.05, 4.69) is 4.74 Å². The fourth-order valence-corrected chi connectivity index (χ4v) is 2.45. The average Bonchev–Trinajstić information content (AvgIpc) is 2.95. The average molecular weight is 358 g/mol. The molecule has 0 aliphatic carbocycles. The van der Waals surface area contributed by atoms with Gasteiger partial charge in [0.2, 0.25) is 5.41 Å². The van der Waals surface area contributed by atoms with Crippen LogP contribution in [0.2, 0.25) is 0 Å². The van der Waals surface area contributed by atoms with Gasteiger partial charge in [-0.05, 0) is 26.3 Å². The van der Waals surface area contributed by atoms with Gasteiger partial charge in [0.05, 0.1) is 33.5 Å². The number of hydrogen-bond acceptors (Lipinski definition) is 9. The molecule has 140 valence electrons. The second kappa shape index (κ2) is 9.16. The van der Waals surface area contributed by atoms with Gasteiger partial charge in [-0.15, -0.1) is 0 Å². The van der Waals surface area contributed by atoms with E-state index < -0.39 is 35.4 Å². The van der Waals surface area contributed by atoms with Crippen LogP contribution in [0.4, 0.5) is 0 Å². The van der Waals surface area contributed by atoms with Gasteiger partial charge in [-0.3, -0.25) is 9.59 Å². The van der Waals surface area contributed by atoms with Crippen LogP contribution in [0, 0.1) is 5.41 Å². The molecule has 9 heteroatoms. The highest BCUT2D eigenvalue weighted by Gasteiger charge is 2.65. The summed E-state index contributed by atoms with van der Waals surface area (Å²) in [7, 11) is 1.13. The first-order chi connectivity index (χ1) is 11.9. The van der Waals surface area contributed by atoms with Crippen molar-refractivity contribution in [2.45, 2.75) is 26.9 Å². The van der Waals surface area contributed by atoms with Crippen molar-refractivity contribution < 1.29 is 42.9 Å². The highest BCUT2D eigenvalue weighted by molar-refractivity contribution is 6.10. The summed E-state index contributed by atoms with van der Waals surface area (Å²) >= 11 is 0. The van der Waals surface area contributed by atoms with Crippen molar-refractivity contribution in [3.05, 3.63) is 11.6 Å². The lowest BCUT2D eigenvalue weighted by Crippen LogP contribution is -2.52. The Morgan fingerprint density at radius 3 is 2.00 bits per heavy atom. The molecule has 0 N–H and O–H groups in total. The van der Waals surface area contributed by atoms with Crippen LogP contribution in [0.25, 0.3) is 0 Å². The normalized spacial score (nSPS) is 20.0. The molecule has 0 aromatic carbocycles. The number of rotatable bonds is 7. The van der Waals surface area contributed by atoms with Crippen molar-refractivity contribution in [3.63, 3.8) is 0 Å². The van der Waals surface area contributed by atoms with E-state index in [4.69, 9.17) is 18.9 Å². The number of hydrogen-bond donors (Lipinski definition) is 0. The van der Waals surface area contributed by atoms with Gasteiger partial charge in [-0.2, -0.15) is 0 Å². The van der Waals surface area contributed by atoms with Crippen LogP contribution < -0.4 is 0 Å². The summed E-state index contributed by atoms with van der Waals surface area (Å²) in [4.78, 5) is 49.3. The van der Waals surface area contributed by atoms with Crippen LogP contribution in [0.5, 0.6) is 0 Å². The van der Waals surface area contributed by atoms with Crippen LogP contribution in [0.1, 0.15) is 20.8 Å². The zero-order valence-corrected chi connectivity index (χ0v) is 14.7. The summed E-state index contributed by atoms with van der Waals surface area (Å²) in [5.41, 5.74) is -2.35. The maximum absolute atomic E-state index is 12.7. The first-order valence-corrected chi connectivity index (χ1v) is 7.81. The van der Waals surface area contributed by atoms with Crippen LogP contribution in [0.15, 0.2) is 11.6 Å². The van der Waals surface area contributed by atoms with Crippen LogP contribution in [-0.2, 0) is 42.9 Å². The Bertz CT molecular complexity index is 546. The molecular formula is C16H22O9. The number of carbonyl (C=O) groups excluding carboxylic acids is 4. The molecule has 1 heterocycles. The first-order valence-electron chi connectivity index (χ1n) is 7.81. The Morgan fingerprint density at radius 1 is 1.04 bits per heavy atom. The number of esters is 4. The van der Waals surface area contributed by atoms with Gasteiger partial charge in [0, 0.05) is 6.08 Å². The molecule has 1 aliphatic heterocycles. The molecule has 25 heavy (non-hydrogen) atoms. The number of methoxy groups -OCH3 is 1. The smallest absolute Gasteiger partial charge is 0.337 e. The quantitative estimate of drug-likeness (QED) is 0.272. The molecule has 0 amide bonds. The minimum Gasteiger partial charge on any atom is -0.466 e. The van der Waals surface area contributed by atoms with E-state index in [0.717, 1.165) is 13.2 Å². The lowest BCUT2D eigenvalue weighted by Gasteiger charge is -2.28. The SMILES string of the molecule is CCOC(=O)C1OC/C(=C\C(=O)OC)C1(C(=O)OCC)C(=O)OCC. The van der Waals surface area contributed by atoms with Gasteiger partial charge < -0.3 is 23.7 Å². The summed E-state index contributed by atoms with van der Waals surface area (Å²) in [6.07, 6.45) is -0.700. The van der Waals surface area contributed by atoms with E-state index in [-0.39, 0.29) is 32.0 Å². The van der Waals surface area contributed by atoms with Crippen LogP contribution in [-0.4, -0.2) is 63.5 Å². The van der Waals surface area contributed by atoms with E-state index in [0.29, 0.717) is 0 Å². The summed E-state index contributed by atoms with van der Waals surface area (Å²) in [5.74, 6) is -3.86. The molecule has 1 aliphatic rings. The molecule has 0 spiro atoms. The zero-order valence-electron chi connectivity index (χ0n) is 14.7. The molecule has 0 saturated carbocycles. The van der Waals surface area contributed by atoms with Crippen molar-refractivity contribution in [1.82, 2.24) is 0 Å². The molecule has 9 nitrogen and oxygen atoms in total. The number of carbonyl (C=O) groups is 4. The van der Waals surface area contributed by atoms with Crippen molar-refractivity contribution in [1.29, 1.82) is 0 Å². The Kier molecular flexibility index (Phi) is 7.56. The third-order valence-corrected chi connectivity index (χ3v) is 3.49. The summed E-state index contributed by atoms with van der Waals surface area (Å²) in [5, 5.41) is 0. The summed E-state index contributed by atoms with van der Waals surface area (Å²) < 4.78 is 24.7. The van der Waals surface area contributed by atoms with E-state index >= 15 is 0 Å². The van der Waals surface area contributed by atoms with E-state index in [1.807, 2.05) is 0 Å². The van der Waals surface area contributed by atoms with Crippen molar-refractivity contribution >= 4 is 23.9 Å². The molecule has 0 bridgehead atoms. The second-order valence-corrected chi connectivity index (χ2v) is 4.88. The lowest BCUT2D eigenvalue weighted by atomic mass is 9.76. The molecule has 0 aromatic rings. The standard InChI is InChI=1S/C16H22O9/c1-5-22-13(18)12-16(14(19)23-6-2,15(20)24-7-3)10(9-25-12)8-11(17)21-4/h8,12H,5-7,9H2,1-4H3/b10-8+. The van der Waals surface area contributed by atoms with E-state index in [9.17, 15) is 19.2 Å². The molecule has 1 fully saturated rings. The fourth-order valence-electron chi connectivity index (χ4n) is 2.45. The Labute approximate surface area is 145 Å². The Balaban J connectivity index is 3.55. The maximum Gasteiger partial charge on any atom is 0.337 e. The van der Waals surface area contributed by atoms with Crippen LogP contribution >= 0.6 is 0 Å². The van der Waals surface area contributed by atoms with E-state index in [1.54, 1.807) is 6.92 Å². The third-order valence-electron chi connectivity index (χ3n) is 3.49. The Hall–Kier alpha value is -2.42. The molecule has 1 unspecified atom stereocenters. The first kappa shape index (κ1) is 20.6. The topological polar surface area (TPSA) is 114 Å². The van der Waals surface area contributed by atoms with Crippen molar-refractivity contribution in [2.75, 3.05) is 33.5 Å². The minimum atomic E-state index is -2.26. The largest absolute Gasteiger partial charge is 0.466 e. The monoisotopic (exact) mass is 358 g/mol. The predicted octanol–water partition coefficient (Wildman–Crippen LogP) is 0.160. The van der Waals surface area contributed by atoms with Gasteiger partial charge in [-0.25, -0.2) is 9.59 Å². The third kappa shape index (κ3) is 3.98. The van der Waals surface area contributed by atoms with Gasteiger partial charge in [0.25, 0.3) is 0 Å². The fraction of sp³-hybridized carbons (Fsp3) is 0.625. The predicted molar refractivity (Wildman–Crippen MR) is 82.2 cm³/mol. The van der Waals surface area contributed by atoms with Gasteiger partial charge in [0.15, 0.2) is 6.10 Å². The molecule has 1 atom stereocenters. The molecule has 0 radical (unpaired) electrons. The Morgan fingerprint density at radius 2 is 1.56 bits per heavy atom. The zero-order chi connectivity index (χ0) is 19.0. The van der Waals surface area contributed by atoms with Gasteiger partial charge in [0.1, 0.15) is 0 Å². The minimum absolute atomic E-state index is 0.0104. The molecular weight excluding hydrogens is 336 g/mol. The highest BCUT2D eigenvalue weighted by atomic mass is 16.6. The summed E-state index contributed by atoms with van der Waals surface area (Å²) in [6, 6.07) is 0. The highest BCUT2D eigenvalue weighted by Crippen LogP contribution is 2.43. The summed E-state index contributed by atoms with van der Waals surface area (Å²) in [6.45, 7) is 4.20. The van der Waals surface area contributed by atoms with Crippen molar-refractivity contribution in [2.24, 2.45) is 5.41 Å². The van der Waals surface area contributed by atoms with E-state index in [1.165, 1.54) is 13.8 Å².